The van der Waals surface area contributed by atoms with Crippen LogP contribution >= 0.6 is 0 Å². The van der Waals surface area contributed by atoms with E-state index in [1.165, 1.54) is 12.8 Å². The van der Waals surface area contributed by atoms with Crippen LogP contribution in [0.25, 0.3) is 0 Å². The van der Waals surface area contributed by atoms with Gasteiger partial charge in [-0.3, -0.25) is 0 Å². The van der Waals surface area contributed by atoms with Crippen molar-refractivity contribution in [2.45, 2.75) is 19.8 Å². The van der Waals surface area contributed by atoms with Gasteiger partial charge >= 0.3 is 0 Å². The Morgan fingerprint density at radius 3 is 2.73 bits per heavy atom. The molecule has 0 aliphatic carbocycles. The maximum Gasteiger partial charge on any atom is 0.0141 e. The molecule has 0 atom stereocenters. The zero-order valence-corrected chi connectivity index (χ0v) is 7.22. The highest BCUT2D eigenvalue weighted by molar-refractivity contribution is 5.08. The summed E-state index contributed by atoms with van der Waals surface area (Å²) in [6.45, 7) is 6.81. The fourth-order valence-electron chi connectivity index (χ4n) is 0.628. The van der Waals surface area contributed by atoms with Crippen LogP contribution in [0.4, 0.5) is 0 Å². The minimum Gasteiger partial charge on any atom is -0.391 e. The van der Waals surface area contributed by atoms with Gasteiger partial charge in [0.1, 0.15) is 0 Å². The number of hydrogen-bond acceptors (Lipinski definition) is 1. The smallest absolute Gasteiger partial charge is 0.0141 e. The summed E-state index contributed by atoms with van der Waals surface area (Å²) in [6, 6.07) is 0. The molecule has 0 rings (SSSR count). The number of unbranched alkanes of at least 4 members (excludes halogenated alkanes) is 1. The maximum atomic E-state index is 3.57. The summed E-state index contributed by atoms with van der Waals surface area (Å²) in [5.74, 6) is 0. The van der Waals surface area contributed by atoms with Crippen LogP contribution in [-0.2, 0) is 0 Å². The van der Waals surface area contributed by atoms with Gasteiger partial charge in [0.25, 0.3) is 0 Å². The molecule has 0 amide bonds. The molecule has 1 N–H and O–H groups in total. The Balaban J connectivity index is 3.15. The molecular weight excluding hydrogens is 134 g/mol. The molecule has 0 aromatic carbocycles. The Morgan fingerprint density at radius 1 is 1.27 bits per heavy atom. The van der Waals surface area contributed by atoms with Crippen molar-refractivity contribution in [3.8, 4) is 0 Å². The zero-order valence-electron chi connectivity index (χ0n) is 7.22. The van der Waals surface area contributed by atoms with Crippen molar-refractivity contribution in [2.75, 3.05) is 6.54 Å². The van der Waals surface area contributed by atoms with Gasteiger partial charge in [0.2, 0.25) is 0 Å². The van der Waals surface area contributed by atoms with Crippen LogP contribution in [0.15, 0.2) is 37.1 Å². The van der Waals surface area contributed by atoms with Gasteiger partial charge in [0, 0.05) is 6.54 Å². The molecule has 1 nitrogen and oxygen atoms in total. The van der Waals surface area contributed by atoms with Crippen molar-refractivity contribution < 1.29 is 0 Å². The summed E-state index contributed by atoms with van der Waals surface area (Å²) in [5.41, 5.74) is 0. The van der Waals surface area contributed by atoms with Crippen LogP contribution in [0.3, 0.4) is 0 Å². The Kier molecular flexibility index (Phi) is 8.22. The van der Waals surface area contributed by atoms with Gasteiger partial charge in [-0.25, -0.2) is 0 Å². The molecule has 0 saturated heterocycles. The first kappa shape index (κ1) is 10.0. The first-order chi connectivity index (χ1) is 5.41. The summed E-state index contributed by atoms with van der Waals surface area (Å²) in [6.07, 6.45) is 12.0. The molecule has 62 valence electrons. The van der Waals surface area contributed by atoms with E-state index in [0.717, 1.165) is 6.54 Å². The van der Waals surface area contributed by atoms with Gasteiger partial charge < -0.3 is 5.32 Å². The molecule has 0 saturated carbocycles. The number of nitrogens with one attached hydrogen (secondary N) is 1. The summed E-state index contributed by atoms with van der Waals surface area (Å²) in [4.78, 5) is 0. The van der Waals surface area contributed by atoms with Crippen molar-refractivity contribution in [3.05, 3.63) is 37.1 Å². The molecule has 0 heterocycles. The van der Waals surface area contributed by atoms with Crippen molar-refractivity contribution in [1.29, 1.82) is 0 Å². The highest BCUT2D eigenvalue weighted by Gasteiger charge is 1.76. The first-order valence-electron chi connectivity index (χ1n) is 4.09. The normalized spacial score (nSPS) is 11.0. The number of rotatable bonds is 6. The van der Waals surface area contributed by atoms with E-state index in [-0.39, 0.29) is 0 Å². The second kappa shape index (κ2) is 9.02. The Hall–Kier alpha value is -0.980. The van der Waals surface area contributed by atoms with Gasteiger partial charge in [-0.1, -0.05) is 38.2 Å². The summed E-state index contributed by atoms with van der Waals surface area (Å²) in [7, 11) is 0. The molecule has 11 heavy (non-hydrogen) atoms. The minimum atomic E-state index is 1.06. The van der Waals surface area contributed by atoms with E-state index < -0.39 is 0 Å². The molecule has 0 radical (unpaired) electrons. The van der Waals surface area contributed by atoms with Crippen molar-refractivity contribution in [3.63, 3.8) is 0 Å². The van der Waals surface area contributed by atoms with Crippen molar-refractivity contribution in [1.82, 2.24) is 5.32 Å². The van der Waals surface area contributed by atoms with Gasteiger partial charge in [-0.15, -0.1) is 0 Å². The standard InChI is InChI=1S/C10H17N/c1-3-5-7-8-10-11-9-6-4-2/h3,5,7-8,10-11H,1,4,6,9H2,2H3/b7-5-,10-8-. The zero-order chi connectivity index (χ0) is 8.36. The van der Waals surface area contributed by atoms with Gasteiger partial charge in [0.05, 0.1) is 0 Å². The monoisotopic (exact) mass is 151 g/mol. The molecule has 0 unspecified atom stereocenters. The first-order valence-corrected chi connectivity index (χ1v) is 4.09. The van der Waals surface area contributed by atoms with E-state index in [4.69, 9.17) is 0 Å². The Morgan fingerprint density at radius 2 is 2.09 bits per heavy atom. The molecule has 0 aromatic heterocycles. The van der Waals surface area contributed by atoms with E-state index in [1.807, 2.05) is 24.4 Å². The van der Waals surface area contributed by atoms with Crippen LogP contribution in [0.1, 0.15) is 19.8 Å². The third kappa shape index (κ3) is 9.02. The fourth-order valence-corrected chi connectivity index (χ4v) is 0.628. The maximum absolute atomic E-state index is 3.57. The fraction of sp³-hybridized carbons (Fsp3) is 0.400. The van der Waals surface area contributed by atoms with Crippen LogP contribution in [0.2, 0.25) is 0 Å². The topological polar surface area (TPSA) is 12.0 Å². The lowest BCUT2D eigenvalue weighted by Gasteiger charge is -1.94. The highest BCUT2D eigenvalue weighted by atomic mass is 14.8. The van der Waals surface area contributed by atoms with Gasteiger partial charge in [-0.2, -0.15) is 0 Å². The average Bonchev–Trinajstić information content (AvgIpc) is 2.03. The van der Waals surface area contributed by atoms with Gasteiger partial charge in [0.15, 0.2) is 0 Å². The predicted molar refractivity (Wildman–Crippen MR) is 51.4 cm³/mol. The van der Waals surface area contributed by atoms with E-state index in [2.05, 4.69) is 18.8 Å². The molecule has 0 fully saturated rings. The van der Waals surface area contributed by atoms with Crippen LogP contribution in [0, 0.1) is 0 Å². The predicted octanol–water partition coefficient (Wildman–Crippen LogP) is 2.63. The number of allylic oxidation sites excluding steroid dienone is 4. The lowest BCUT2D eigenvalue weighted by Crippen LogP contribution is -2.05. The minimum absolute atomic E-state index is 1.06. The van der Waals surface area contributed by atoms with Crippen LogP contribution in [0.5, 0.6) is 0 Å². The average molecular weight is 151 g/mol. The number of hydrogen-bond donors (Lipinski definition) is 1. The third-order valence-electron chi connectivity index (χ3n) is 1.25. The quantitative estimate of drug-likeness (QED) is 0.454. The summed E-state index contributed by atoms with van der Waals surface area (Å²) >= 11 is 0. The highest BCUT2D eigenvalue weighted by Crippen LogP contribution is 1.82. The molecule has 0 aliphatic heterocycles. The SMILES string of the molecule is C=C/C=C\C=C/NCCCC. The lowest BCUT2D eigenvalue weighted by atomic mass is 10.3. The van der Waals surface area contributed by atoms with Crippen LogP contribution < -0.4 is 5.32 Å². The van der Waals surface area contributed by atoms with Gasteiger partial charge in [-0.05, 0) is 18.7 Å². The van der Waals surface area contributed by atoms with E-state index >= 15 is 0 Å². The van der Waals surface area contributed by atoms with E-state index in [0.29, 0.717) is 0 Å². The summed E-state index contributed by atoms with van der Waals surface area (Å²) in [5, 5.41) is 3.18. The van der Waals surface area contributed by atoms with Crippen molar-refractivity contribution >= 4 is 0 Å². The van der Waals surface area contributed by atoms with Crippen molar-refractivity contribution in [2.24, 2.45) is 0 Å². The largest absolute Gasteiger partial charge is 0.391 e. The second-order valence-electron chi connectivity index (χ2n) is 2.29. The molecule has 0 aliphatic rings. The van der Waals surface area contributed by atoms with Crippen LogP contribution in [-0.4, -0.2) is 6.54 Å². The second-order valence-corrected chi connectivity index (χ2v) is 2.29. The molecule has 0 aromatic rings. The molecule has 0 spiro atoms. The Labute approximate surface area is 69.5 Å². The van der Waals surface area contributed by atoms with E-state index in [1.54, 1.807) is 6.08 Å². The molecule has 0 bridgehead atoms. The Bertz CT molecular complexity index is 134. The third-order valence-corrected chi connectivity index (χ3v) is 1.25. The summed E-state index contributed by atoms with van der Waals surface area (Å²) < 4.78 is 0. The lowest BCUT2D eigenvalue weighted by molar-refractivity contribution is 0.735. The molecular formula is C10H17N. The van der Waals surface area contributed by atoms with E-state index in [9.17, 15) is 0 Å². The molecule has 1 heteroatoms.